The summed E-state index contributed by atoms with van der Waals surface area (Å²) in [6, 6.07) is 9.24. The van der Waals surface area contributed by atoms with Crippen molar-refractivity contribution in [3.05, 3.63) is 59.4 Å². The first kappa shape index (κ1) is 25.7. The highest BCUT2D eigenvalue weighted by Gasteiger charge is 2.35. The van der Waals surface area contributed by atoms with Gasteiger partial charge >= 0.3 is 18.4 Å². The van der Waals surface area contributed by atoms with Gasteiger partial charge in [-0.05, 0) is 36.8 Å². The van der Waals surface area contributed by atoms with E-state index in [2.05, 4.69) is 9.73 Å². The van der Waals surface area contributed by atoms with E-state index in [1.54, 1.807) is 24.3 Å². The summed E-state index contributed by atoms with van der Waals surface area (Å²) in [6.07, 6.45) is -9.26. The minimum Gasteiger partial charge on any atom is -0.481 e. The van der Waals surface area contributed by atoms with Crippen LogP contribution in [0.3, 0.4) is 0 Å². The number of alkyl halides is 6. The summed E-state index contributed by atoms with van der Waals surface area (Å²) in [5.74, 6) is -1.75. The SMILES string of the molecule is Cc1ccc(N2CSC(=NCC(F)(F)F)N(Cc3ccc(OCC(F)(F)F)c(F)c3)C2=O)cc1. The monoisotopic (exact) mass is 509 g/mol. The zero-order valence-corrected chi connectivity index (χ0v) is 18.4. The van der Waals surface area contributed by atoms with E-state index in [0.717, 1.165) is 34.4 Å². The molecule has 1 aliphatic heterocycles. The Morgan fingerprint density at radius 3 is 2.29 bits per heavy atom. The van der Waals surface area contributed by atoms with E-state index in [-0.39, 0.29) is 23.2 Å². The number of thioether (sulfide) groups is 1. The lowest BCUT2D eigenvalue weighted by Crippen LogP contribution is -2.50. The Kier molecular flexibility index (Phi) is 7.64. The number of halogens is 7. The minimum absolute atomic E-state index is 0.00761. The van der Waals surface area contributed by atoms with Crippen molar-refractivity contribution in [2.45, 2.75) is 25.8 Å². The number of amidine groups is 1. The first-order chi connectivity index (χ1) is 15.8. The fourth-order valence-electron chi connectivity index (χ4n) is 2.92. The van der Waals surface area contributed by atoms with Crippen LogP contribution in [0.15, 0.2) is 47.5 Å². The number of rotatable bonds is 6. The largest absolute Gasteiger partial charge is 0.481 e. The van der Waals surface area contributed by atoms with Gasteiger partial charge in [0.25, 0.3) is 0 Å². The minimum atomic E-state index is -4.66. The molecule has 2 aromatic carbocycles. The smallest absolute Gasteiger partial charge is 0.422 e. The Morgan fingerprint density at radius 1 is 1.03 bits per heavy atom. The molecule has 5 nitrogen and oxygen atoms in total. The van der Waals surface area contributed by atoms with Crippen molar-refractivity contribution in [2.24, 2.45) is 4.99 Å². The van der Waals surface area contributed by atoms with Crippen molar-refractivity contribution < 1.29 is 40.3 Å². The lowest BCUT2D eigenvalue weighted by molar-refractivity contribution is -0.153. The van der Waals surface area contributed by atoms with Gasteiger partial charge < -0.3 is 4.74 Å². The van der Waals surface area contributed by atoms with Gasteiger partial charge in [-0.2, -0.15) is 26.3 Å². The normalized spacial score (nSPS) is 16.4. The van der Waals surface area contributed by atoms with E-state index in [9.17, 15) is 35.5 Å². The fraction of sp³-hybridized carbons (Fsp3) is 0.333. The molecule has 0 radical (unpaired) electrons. The van der Waals surface area contributed by atoms with Crippen molar-refractivity contribution in [1.82, 2.24) is 4.90 Å². The molecule has 1 heterocycles. The van der Waals surface area contributed by atoms with Gasteiger partial charge in [-0.25, -0.2) is 9.18 Å². The number of aliphatic imine (C=N–C) groups is 1. The van der Waals surface area contributed by atoms with Crippen molar-refractivity contribution in [1.29, 1.82) is 0 Å². The number of hydrogen-bond donors (Lipinski definition) is 0. The molecule has 0 bridgehead atoms. The molecular formula is C21H18F7N3O2S. The second-order valence-corrected chi connectivity index (χ2v) is 8.20. The van der Waals surface area contributed by atoms with Gasteiger partial charge in [-0.15, -0.1) is 0 Å². The summed E-state index contributed by atoms with van der Waals surface area (Å²) >= 11 is 0.898. The zero-order valence-electron chi connectivity index (χ0n) is 17.6. The van der Waals surface area contributed by atoms with Gasteiger partial charge in [0.1, 0.15) is 6.54 Å². The molecule has 34 heavy (non-hydrogen) atoms. The van der Waals surface area contributed by atoms with Crippen LogP contribution in [-0.2, 0) is 6.54 Å². The number of hydrogen-bond acceptors (Lipinski definition) is 4. The number of amides is 2. The Balaban J connectivity index is 1.85. The van der Waals surface area contributed by atoms with Gasteiger partial charge in [0.05, 0.1) is 12.4 Å². The standard InChI is InChI=1S/C21H18F7N3O2S/c1-13-2-5-15(6-3-13)31-12-34-18(29-10-20(23,24)25)30(19(31)32)9-14-4-7-17(16(22)8-14)33-11-21(26,27)28/h2-8H,9-12H2,1H3. The Bertz CT molecular complexity index is 1060. The van der Waals surface area contributed by atoms with Crippen molar-refractivity contribution >= 4 is 28.6 Å². The van der Waals surface area contributed by atoms with Gasteiger partial charge in [0.2, 0.25) is 0 Å². The summed E-state index contributed by atoms with van der Waals surface area (Å²) in [4.78, 5) is 18.9. The molecule has 2 amide bonds. The highest BCUT2D eigenvalue weighted by Crippen LogP contribution is 2.30. The van der Waals surface area contributed by atoms with Crippen molar-refractivity contribution in [2.75, 3.05) is 23.9 Å². The highest BCUT2D eigenvalue weighted by molar-refractivity contribution is 8.14. The quantitative estimate of drug-likeness (QED) is 0.441. The Hall–Kier alpha value is -2.96. The Morgan fingerprint density at radius 2 is 1.71 bits per heavy atom. The highest BCUT2D eigenvalue weighted by atomic mass is 32.2. The zero-order chi connectivity index (χ0) is 25.1. The molecule has 0 aliphatic carbocycles. The number of carbonyl (C=O) groups excluding carboxylic acids is 1. The van der Waals surface area contributed by atoms with Crippen LogP contribution in [0, 0.1) is 12.7 Å². The van der Waals surface area contributed by atoms with E-state index in [1.165, 1.54) is 11.0 Å². The summed E-state index contributed by atoms with van der Waals surface area (Å²) < 4.78 is 93.8. The van der Waals surface area contributed by atoms with E-state index in [0.29, 0.717) is 5.69 Å². The van der Waals surface area contributed by atoms with Gasteiger partial charge in [-0.3, -0.25) is 14.8 Å². The van der Waals surface area contributed by atoms with Crippen LogP contribution in [0.25, 0.3) is 0 Å². The van der Waals surface area contributed by atoms with Crippen LogP contribution in [0.5, 0.6) is 5.75 Å². The summed E-state index contributed by atoms with van der Waals surface area (Å²) in [5, 5.41) is -0.205. The number of benzene rings is 2. The maximum atomic E-state index is 14.3. The molecule has 1 aliphatic rings. The predicted molar refractivity (Wildman–Crippen MR) is 113 cm³/mol. The molecule has 0 atom stereocenters. The van der Waals surface area contributed by atoms with Crippen molar-refractivity contribution in [3.63, 3.8) is 0 Å². The van der Waals surface area contributed by atoms with Crippen LogP contribution in [0.1, 0.15) is 11.1 Å². The van der Waals surface area contributed by atoms with Crippen LogP contribution in [0.4, 0.5) is 41.2 Å². The first-order valence-electron chi connectivity index (χ1n) is 9.70. The average Bonchev–Trinajstić information content (AvgIpc) is 2.73. The third-order valence-corrected chi connectivity index (χ3v) is 5.48. The summed E-state index contributed by atoms with van der Waals surface area (Å²) in [6.45, 7) is -1.71. The van der Waals surface area contributed by atoms with Crippen molar-refractivity contribution in [3.8, 4) is 5.75 Å². The maximum Gasteiger partial charge on any atom is 0.422 e. The molecular weight excluding hydrogens is 491 g/mol. The molecule has 3 rings (SSSR count). The molecule has 1 fully saturated rings. The average molecular weight is 509 g/mol. The molecule has 0 saturated carbocycles. The molecule has 2 aromatic rings. The van der Waals surface area contributed by atoms with E-state index < -0.39 is 43.1 Å². The van der Waals surface area contributed by atoms with Crippen LogP contribution in [-0.4, -0.2) is 47.5 Å². The van der Waals surface area contributed by atoms with Crippen LogP contribution in [0.2, 0.25) is 0 Å². The molecule has 0 unspecified atom stereocenters. The lowest BCUT2D eigenvalue weighted by atomic mass is 10.2. The summed E-state index contributed by atoms with van der Waals surface area (Å²) in [7, 11) is 0. The topological polar surface area (TPSA) is 45.1 Å². The fourth-order valence-corrected chi connectivity index (χ4v) is 3.88. The number of urea groups is 1. The number of anilines is 1. The van der Waals surface area contributed by atoms with Gasteiger partial charge in [-0.1, -0.05) is 35.5 Å². The van der Waals surface area contributed by atoms with Gasteiger partial charge in [0, 0.05) is 5.69 Å². The molecule has 184 valence electrons. The van der Waals surface area contributed by atoms with Crippen LogP contribution < -0.4 is 9.64 Å². The van der Waals surface area contributed by atoms with Gasteiger partial charge in [0.15, 0.2) is 23.3 Å². The maximum absolute atomic E-state index is 14.3. The molecule has 0 aromatic heterocycles. The molecule has 13 heteroatoms. The number of ether oxygens (including phenoxy) is 1. The first-order valence-corrected chi connectivity index (χ1v) is 10.7. The lowest BCUT2D eigenvalue weighted by Gasteiger charge is -2.36. The molecule has 1 saturated heterocycles. The van der Waals surface area contributed by atoms with E-state index >= 15 is 0 Å². The number of aryl methyl sites for hydroxylation is 1. The van der Waals surface area contributed by atoms with E-state index in [1.807, 2.05) is 6.92 Å². The number of carbonyl (C=O) groups is 1. The molecule has 0 N–H and O–H groups in total. The van der Waals surface area contributed by atoms with E-state index in [4.69, 9.17) is 0 Å². The predicted octanol–water partition coefficient (Wildman–Crippen LogP) is 6.13. The van der Waals surface area contributed by atoms with Crippen LogP contribution >= 0.6 is 11.8 Å². The second kappa shape index (κ2) is 10.1. The number of nitrogens with zero attached hydrogens (tertiary/aromatic N) is 3. The Labute approximate surface area is 194 Å². The summed E-state index contributed by atoms with van der Waals surface area (Å²) in [5.41, 5.74) is 1.56. The third kappa shape index (κ3) is 7.02. The second-order valence-electron chi connectivity index (χ2n) is 7.29. The molecule has 0 spiro atoms. The third-order valence-electron chi connectivity index (χ3n) is 4.48.